The number of amides is 11. The molecule has 0 bridgehead atoms. The van der Waals surface area contributed by atoms with E-state index in [1.807, 2.05) is 6.92 Å². The van der Waals surface area contributed by atoms with Crippen LogP contribution in [0.1, 0.15) is 132 Å². The van der Waals surface area contributed by atoms with E-state index in [1.54, 1.807) is 78.8 Å². The lowest BCUT2D eigenvalue weighted by Gasteiger charge is -2.40. The van der Waals surface area contributed by atoms with Crippen LogP contribution in [0.2, 0.25) is 0 Å². The number of fused-ring (bicyclic) bond motifs is 2. The Labute approximate surface area is 476 Å². The maximum Gasteiger partial charge on any atom is 0.329 e. The fourth-order valence-corrected chi connectivity index (χ4v) is 10.7. The molecule has 1 aromatic rings. The number of nitrogens with one attached hydrogen (secondary N) is 4. The van der Waals surface area contributed by atoms with E-state index in [2.05, 4.69) is 21.3 Å². The van der Waals surface area contributed by atoms with Crippen LogP contribution in [0.3, 0.4) is 0 Å². The first-order valence-corrected chi connectivity index (χ1v) is 28.6. The molecule has 11 atom stereocenters. The number of rotatable bonds is 14. The smallest absolute Gasteiger partial charge is 0.329 e. The van der Waals surface area contributed by atoms with Crippen LogP contribution in [0.4, 0.5) is 0 Å². The van der Waals surface area contributed by atoms with Crippen molar-refractivity contribution in [3.8, 4) is 0 Å². The van der Waals surface area contributed by atoms with Crippen LogP contribution in [0.15, 0.2) is 30.3 Å². The minimum absolute atomic E-state index is 0.0448. The normalized spacial score (nSPS) is 27.0. The molecule has 11 unspecified atom stereocenters. The Morgan fingerprint density at radius 3 is 1.72 bits per heavy atom. The predicted molar refractivity (Wildman–Crippen MR) is 298 cm³/mol. The number of primary amides is 2. The Kier molecular flexibility index (Phi) is 25.1. The van der Waals surface area contributed by atoms with Gasteiger partial charge in [-0.3, -0.25) is 52.7 Å². The number of cyclic esters (lactones) is 1. The summed E-state index contributed by atoms with van der Waals surface area (Å²) in [6.45, 7) is 13.3. The van der Waals surface area contributed by atoms with Crippen molar-refractivity contribution in [2.24, 2.45) is 35.1 Å². The van der Waals surface area contributed by atoms with E-state index in [0.717, 1.165) is 14.7 Å². The second kappa shape index (κ2) is 30.6. The summed E-state index contributed by atoms with van der Waals surface area (Å²) in [5, 5.41) is 11.1. The summed E-state index contributed by atoms with van der Waals surface area (Å²) in [4.78, 5) is 176. The number of nitrogens with zero attached hydrogens (tertiary/aromatic N) is 5. The van der Waals surface area contributed by atoms with Crippen LogP contribution in [-0.2, 0) is 68.7 Å². The second-order valence-electron chi connectivity index (χ2n) is 22.7. The monoisotopic (exact) mass is 1140 g/mol. The number of hydrogen-bond acceptors (Lipinski definition) is 13. The lowest BCUT2D eigenvalue weighted by molar-refractivity contribution is -0.167. The first kappa shape index (κ1) is 66.4. The molecule has 450 valence electrons. The van der Waals surface area contributed by atoms with Gasteiger partial charge in [0.25, 0.3) is 5.91 Å². The summed E-state index contributed by atoms with van der Waals surface area (Å²) in [6.07, 6.45) is -0.424. The van der Waals surface area contributed by atoms with Crippen LogP contribution in [0, 0.1) is 23.7 Å². The maximum absolute atomic E-state index is 14.9. The third kappa shape index (κ3) is 17.4. The van der Waals surface area contributed by atoms with Crippen molar-refractivity contribution < 1.29 is 62.3 Å². The number of esters is 1. The van der Waals surface area contributed by atoms with Gasteiger partial charge in [-0.25, -0.2) is 4.79 Å². The van der Waals surface area contributed by atoms with E-state index in [4.69, 9.17) is 16.2 Å². The summed E-state index contributed by atoms with van der Waals surface area (Å²) >= 11 is 0. The highest BCUT2D eigenvalue weighted by Crippen LogP contribution is 2.26. The van der Waals surface area contributed by atoms with E-state index in [9.17, 15) is 57.5 Å². The van der Waals surface area contributed by atoms with Crippen LogP contribution in [-0.4, -0.2) is 191 Å². The molecule has 11 amide bonds. The largest absolute Gasteiger partial charge is 0.450 e. The third-order valence-corrected chi connectivity index (χ3v) is 16.1. The number of nitrogens with two attached hydrogens (primary N) is 2. The number of hydrogen-bond donors (Lipinski definition) is 6. The van der Waals surface area contributed by atoms with Gasteiger partial charge < -0.3 is 62.0 Å². The third-order valence-electron chi connectivity index (χ3n) is 16.1. The van der Waals surface area contributed by atoms with Gasteiger partial charge in [0.2, 0.25) is 59.1 Å². The highest BCUT2D eigenvalue weighted by Gasteiger charge is 2.45. The summed E-state index contributed by atoms with van der Waals surface area (Å²) in [5.41, 5.74) is 11.8. The van der Waals surface area contributed by atoms with Gasteiger partial charge in [-0.1, -0.05) is 92.1 Å². The summed E-state index contributed by atoms with van der Waals surface area (Å²) < 4.78 is 6.01. The summed E-state index contributed by atoms with van der Waals surface area (Å²) in [6, 6.07) is -1.43. The minimum atomic E-state index is -1.55. The highest BCUT2D eigenvalue weighted by molar-refractivity contribution is 5.99. The molecule has 1 aromatic carbocycles. The van der Waals surface area contributed by atoms with Crippen LogP contribution >= 0.6 is 0 Å². The predicted octanol–water partition coefficient (Wildman–Crippen LogP) is 0.513. The number of piperidine rings is 1. The Morgan fingerprint density at radius 1 is 0.593 bits per heavy atom. The van der Waals surface area contributed by atoms with Crippen molar-refractivity contribution in [1.29, 1.82) is 0 Å². The summed E-state index contributed by atoms with van der Waals surface area (Å²) in [7, 11) is 4.01. The Balaban J connectivity index is 1.87. The topological polar surface area (TPSA) is 330 Å². The Hall–Kier alpha value is -7.14. The molecule has 0 spiro atoms. The van der Waals surface area contributed by atoms with Crippen LogP contribution in [0.5, 0.6) is 0 Å². The van der Waals surface area contributed by atoms with Crippen molar-refractivity contribution in [2.75, 3.05) is 40.8 Å². The van der Waals surface area contributed by atoms with Gasteiger partial charge in [0.15, 0.2) is 6.10 Å². The zero-order valence-electron chi connectivity index (χ0n) is 49.2. The average Bonchev–Trinajstić information content (AvgIpc) is 3.93. The van der Waals surface area contributed by atoms with Crippen molar-refractivity contribution in [3.05, 3.63) is 35.9 Å². The Morgan fingerprint density at radius 2 is 1.14 bits per heavy atom. The molecule has 24 heteroatoms. The molecule has 24 nitrogen and oxygen atoms in total. The number of carbonyl (C=O) groups is 12. The van der Waals surface area contributed by atoms with Crippen LogP contribution < -0.4 is 32.7 Å². The molecule has 81 heavy (non-hydrogen) atoms. The second-order valence-corrected chi connectivity index (χ2v) is 22.7. The van der Waals surface area contributed by atoms with Gasteiger partial charge in [-0.2, -0.15) is 0 Å². The molecule has 0 saturated carbocycles. The van der Waals surface area contributed by atoms with Crippen LogP contribution in [0.25, 0.3) is 0 Å². The lowest BCUT2D eigenvalue weighted by atomic mass is 9.93. The van der Waals surface area contributed by atoms with Crippen molar-refractivity contribution in [1.82, 2.24) is 45.8 Å². The SMILES string of the molecule is CCC(C)C1NC(=O)C(CCC(N)=O)N(C)C(=O)C(C(C)C)N(C)C(=O)CNC(=O)C2CCCN2C(=O)C(Cc2ccccc2)NC(=O)C(C(C)CC)OC(=O)C(CCC(N)=O)N(C)C(=O)C(C(C)C)NC(=O)C2CCCCN2C1=O. The molecular formula is C57H89N11O13. The molecule has 3 aliphatic rings. The van der Waals surface area contributed by atoms with E-state index in [0.29, 0.717) is 37.7 Å². The van der Waals surface area contributed by atoms with Gasteiger partial charge in [0.1, 0.15) is 48.3 Å². The van der Waals surface area contributed by atoms with E-state index in [1.165, 1.54) is 30.9 Å². The average molecular weight is 1140 g/mol. The molecule has 3 saturated heterocycles. The zero-order chi connectivity index (χ0) is 60.6. The standard InChI is InChI=1S/C57H89N11O13/c1-12-34(7)46-55(78)68-28-18-17-22-40(68)51(74)62-45(32(3)4)54(77)65(10)41(25-27-43(59)70)57(80)81-48(35(8)13-2)52(75)61-37(30-36-20-15-14-16-21-36)53(76)67-29-19-23-39(67)49(72)60-31-44(71)66(11)47(33(5)6)56(79)64(9)38(50(73)63-46)24-26-42(58)69/h14-16,20-21,32-35,37-41,45-48H,12-13,17-19,22-31H2,1-11H3,(H2,58,69)(H2,59,70)(H,60,72)(H,61,75)(H,62,74)(H,63,73). The fraction of sp³-hybridized carbons (Fsp3) is 0.684. The highest BCUT2D eigenvalue weighted by atomic mass is 16.6. The lowest BCUT2D eigenvalue weighted by Crippen LogP contribution is -2.63. The number of ether oxygens (including phenoxy) is 1. The van der Waals surface area contributed by atoms with Crippen molar-refractivity contribution in [3.63, 3.8) is 0 Å². The number of likely N-dealkylation sites (N-methyl/N-ethyl adjacent to an activating group) is 3. The Bertz CT molecular complexity index is 2440. The molecule has 0 radical (unpaired) electrons. The number of carbonyl (C=O) groups excluding carboxylic acids is 12. The molecule has 3 heterocycles. The quantitative estimate of drug-likeness (QED) is 0.139. The van der Waals surface area contributed by atoms with E-state index >= 15 is 0 Å². The minimum Gasteiger partial charge on any atom is -0.450 e. The molecular weight excluding hydrogens is 1050 g/mol. The van der Waals surface area contributed by atoms with Gasteiger partial charge in [-0.05, 0) is 74.7 Å². The first-order chi connectivity index (χ1) is 38.2. The molecule has 0 aliphatic carbocycles. The zero-order valence-corrected chi connectivity index (χ0v) is 49.2. The molecule has 0 aromatic heterocycles. The molecule has 4 rings (SSSR count). The first-order valence-electron chi connectivity index (χ1n) is 28.6. The van der Waals surface area contributed by atoms with E-state index < -0.39 is 156 Å². The van der Waals surface area contributed by atoms with Crippen molar-refractivity contribution >= 4 is 70.9 Å². The molecule has 8 N–H and O–H groups in total. The van der Waals surface area contributed by atoms with Crippen molar-refractivity contribution in [2.45, 2.75) is 187 Å². The van der Waals surface area contributed by atoms with E-state index in [-0.39, 0.29) is 58.0 Å². The van der Waals surface area contributed by atoms with Gasteiger partial charge >= 0.3 is 5.97 Å². The molecule has 3 aliphatic heterocycles. The van der Waals surface area contributed by atoms with Gasteiger partial charge in [-0.15, -0.1) is 0 Å². The number of benzene rings is 1. The maximum atomic E-state index is 14.9. The summed E-state index contributed by atoms with van der Waals surface area (Å²) in [5.74, 6) is -11.4. The molecule has 3 fully saturated rings. The van der Waals surface area contributed by atoms with Gasteiger partial charge in [0.05, 0.1) is 6.54 Å². The fourth-order valence-electron chi connectivity index (χ4n) is 10.7. The van der Waals surface area contributed by atoms with Gasteiger partial charge in [0, 0.05) is 59.4 Å².